The maximum absolute atomic E-state index is 11.5. The van der Waals surface area contributed by atoms with Gasteiger partial charge in [-0.3, -0.25) is 4.79 Å². The van der Waals surface area contributed by atoms with Crippen LogP contribution in [0.4, 0.5) is 0 Å². The molecule has 4 nitrogen and oxygen atoms in total. The van der Waals surface area contributed by atoms with Gasteiger partial charge in [-0.05, 0) is 25.5 Å². The van der Waals surface area contributed by atoms with Crippen molar-refractivity contribution in [1.29, 1.82) is 0 Å². The first-order valence-corrected chi connectivity index (χ1v) is 6.22. The highest BCUT2D eigenvalue weighted by atomic mass is 16.5. The number of aliphatic hydroxyl groups excluding tert-OH is 1. The van der Waals surface area contributed by atoms with E-state index in [-0.39, 0.29) is 5.91 Å². The van der Waals surface area contributed by atoms with E-state index >= 15 is 0 Å². The highest BCUT2D eigenvalue weighted by molar-refractivity contribution is 5.78. The van der Waals surface area contributed by atoms with Gasteiger partial charge in [0.25, 0.3) is 0 Å². The van der Waals surface area contributed by atoms with Crippen molar-refractivity contribution in [3.05, 3.63) is 29.3 Å². The number of nitrogens with zero attached hydrogens (tertiary/aromatic N) is 1. The first kappa shape index (κ1) is 12.9. The third kappa shape index (κ3) is 2.64. The van der Waals surface area contributed by atoms with E-state index in [9.17, 15) is 9.90 Å². The molecule has 1 unspecified atom stereocenters. The van der Waals surface area contributed by atoms with Crippen LogP contribution < -0.4 is 4.74 Å². The number of methoxy groups -OCH3 is 1. The lowest BCUT2D eigenvalue weighted by molar-refractivity contribution is -0.128. The number of carbonyl (C=O) groups excluding carboxylic acids is 1. The average Bonchev–Trinajstić information content (AvgIpc) is 2.75. The van der Waals surface area contributed by atoms with Gasteiger partial charge in [-0.2, -0.15) is 0 Å². The molecule has 18 heavy (non-hydrogen) atoms. The lowest BCUT2D eigenvalue weighted by atomic mass is 10.0. The molecule has 0 aromatic heterocycles. The van der Waals surface area contributed by atoms with Crippen LogP contribution >= 0.6 is 0 Å². The summed E-state index contributed by atoms with van der Waals surface area (Å²) in [6.45, 7) is 3.05. The minimum Gasteiger partial charge on any atom is -0.496 e. The zero-order valence-corrected chi connectivity index (χ0v) is 10.8. The summed E-state index contributed by atoms with van der Waals surface area (Å²) in [6, 6.07) is 5.69. The summed E-state index contributed by atoms with van der Waals surface area (Å²) in [5.41, 5.74) is 1.81. The van der Waals surface area contributed by atoms with E-state index in [1.165, 1.54) is 0 Å². The van der Waals surface area contributed by atoms with Crippen molar-refractivity contribution in [2.45, 2.75) is 25.9 Å². The number of aryl methyl sites for hydroxylation is 1. The second-order valence-electron chi connectivity index (χ2n) is 4.70. The summed E-state index contributed by atoms with van der Waals surface area (Å²) < 4.78 is 5.25. The zero-order valence-electron chi connectivity index (χ0n) is 10.8. The monoisotopic (exact) mass is 249 g/mol. The summed E-state index contributed by atoms with van der Waals surface area (Å²) in [6.07, 6.45) is 0.788. The Labute approximate surface area is 107 Å². The second-order valence-corrected chi connectivity index (χ2v) is 4.70. The fourth-order valence-electron chi connectivity index (χ4n) is 2.32. The van der Waals surface area contributed by atoms with Crippen molar-refractivity contribution in [1.82, 2.24) is 4.90 Å². The number of amides is 1. The number of likely N-dealkylation sites (tertiary alicyclic amines) is 1. The van der Waals surface area contributed by atoms with Crippen molar-refractivity contribution in [2.75, 3.05) is 20.2 Å². The summed E-state index contributed by atoms with van der Waals surface area (Å²) >= 11 is 0. The molecule has 1 aromatic rings. The van der Waals surface area contributed by atoms with Gasteiger partial charge in [-0.1, -0.05) is 11.6 Å². The Balaban J connectivity index is 2.14. The smallest absolute Gasteiger partial charge is 0.222 e. The van der Waals surface area contributed by atoms with E-state index in [0.29, 0.717) is 18.7 Å². The first-order valence-electron chi connectivity index (χ1n) is 6.22. The van der Waals surface area contributed by atoms with E-state index in [1.807, 2.05) is 25.1 Å². The van der Waals surface area contributed by atoms with Crippen molar-refractivity contribution in [3.8, 4) is 5.75 Å². The molecule has 4 heteroatoms. The molecule has 0 saturated carbocycles. The lowest BCUT2D eigenvalue weighted by Crippen LogP contribution is -2.29. The summed E-state index contributed by atoms with van der Waals surface area (Å²) in [5.74, 6) is 0.792. The standard InChI is InChI=1S/C14H19NO3/c1-10-5-6-13(18-2)11(8-10)12(16)9-15-7-3-4-14(15)17/h5-6,8,12,16H,3-4,7,9H2,1-2H3. The second kappa shape index (κ2) is 5.40. The molecule has 2 rings (SSSR count). The fourth-order valence-corrected chi connectivity index (χ4v) is 2.32. The average molecular weight is 249 g/mol. The van der Waals surface area contributed by atoms with E-state index in [2.05, 4.69) is 0 Å². The molecule has 1 aliphatic heterocycles. The Kier molecular flexibility index (Phi) is 3.87. The Morgan fingerprint density at radius 3 is 2.89 bits per heavy atom. The summed E-state index contributed by atoms with van der Waals surface area (Å²) in [4.78, 5) is 13.3. The van der Waals surface area contributed by atoms with Crippen molar-refractivity contribution in [3.63, 3.8) is 0 Å². The minimum atomic E-state index is -0.693. The topological polar surface area (TPSA) is 49.8 Å². The van der Waals surface area contributed by atoms with Gasteiger partial charge in [0.05, 0.1) is 13.7 Å². The van der Waals surface area contributed by atoms with Crippen molar-refractivity contribution < 1.29 is 14.6 Å². The molecule has 1 heterocycles. The van der Waals surface area contributed by atoms with Gasteiger partial charge in [0.15, 0.2) is 0 Å². The van der Waals surface area contributed by atoms with Crippen molar-refractivity contribution in [2.24, 2.45) is 0 Å². The molecular formula is C14H19NO3. The number of hydrogen-bond acceptors (Lipinski definition) is 3. The number of hydrogen-bond donors (Lipinski definition) is 1. The number of rotatable bonds is 4. The molecule has 1 atom stereocenters. The van der Waals surface area contributed by atoms with Gasteiger partial charge in [0.2, 0.25) is 5.91 Å². The number of β-amino-alcohol motifs (C(OH)–C–C–N with tert-alkyl or cyclic N) is 1. The van der Waals surface area contributed by atoms with Gasteiger partial charge in [0.1, 0.15) is 11.9 Å². The maximum Gasteiger partial charge on any atom is 0.222 e. The predicted octanol–water partition coefficient (Wildman–Crippen LogP) is 1.66. The Hall–Kier alpha value is -1.55. The van der Waals surface area contributed by atoms with Gasteiger partial charge >= 0.3 is 0 Å². The molecule has 0 spiro atoms. The summed E-state index contributed by atoms with van der Waals surface area (Å²) in [7, 11) is 1.59. The molecule has 1 aromatic carbocycles. The molecular weight excluding hydrogens is 230 g/mol. The van der Waals surface area contributed by atoms with Crippen LogP contribution in [0, 0.1) is 6.92 Å². The van der Waals surface area contributed by atoms with Crippen LogP contribution in [0.5, 0.6) is 5.75 Å². The van der Waals surface area contributed by atoms with Gasteiger partial charge in [-0.15, -0.1) is 0 Å². The van der Waals surface area contributed by atoms with E-state index in [0.717, 1.165) is 24.1 Å². The molecule has 1 N–H and O–H groups in total. The van der Waals surface area contributed by atoms with E-state index in [4.69, 9.17) is 4.74 Å². The number of ether oxygens (including phenoxy) is 1. The molecule has 1 aliphatic rings. The number of carbonyl (C=O) groups is 1. The maximum atomic E-state index is 11.5. The Morgan fingerprint density at radius 2 is 2.28 bits per heavy atom. The fraction of sp³-hybridized carbons (Fsp3) is 0.500. The normalized spacial score (nSPS) is 17.1. The highest BCUT2D eigenvalue weighted by Gasteiger charge is 2.24. The third-order valence-corrected chi connectivity index (χ3v) is 3.31. The Morgan fingerprint density at radius 1 is 1.50 bits per heavy atom. The van der Waals surface area contributed by atoms with Crippen LogP contribution in [0.15, 0.2) is 18.2 Å². The van der Waals surface area contributed by atoms with Crippen LogP contribution in [0.3, 0.4) is 0 Å². The van der Waals surface area contributed by atoms with Gasteiger partial charge < -0.3 is 14.7 Å². The van der Waals surface area contributed by atoms with Crippen molar-refractivity contribution >= 4 is 5.91 Å². The largest absolute Gasteiger partial charge is 0.496 e. The third-order valence-electron chi connectivity index (χ3n) is 3.31. The summed E-state index contributed by atoms with van der Waals surface area (Å²) in [5, 5.41) is 10.3. The van der Waals surface area contributed by atoms with Crippen LogP contribution in [0.1, 0.15) is 30.1 Å². The SMILES string of the molecule is COc1ccc(C)cc1C(O)CN1CCCC1=O. The van der Waals surface area contributed by atoms with E-state index < -0.39 is 6.10 Å². The number of aliphatic hydroxyl groups is 1. The zero-order chi connectivity index (χ0) is 13.1. The molecule has 0 radical (unpaired) electrons. The Bertz CT molecular complexity index is 445. The first-order chi connectivity index (χ1) is 8.61. The van der Waals surface area contributed by atoms with Crippen LogP contribution in [-0.4, -0.2) is 36.1 Å². The minimum absolute atomic E-state index is 0.126. The van der Waals surface area contributed by atoms with Gasteiger partial charge in [-0.25, -0.2) is 0 Å². The molecule has 0 aliphatic carbocycles. The van der Waals surface area contributed by atoms with Crippen LogP contribution in [-0.2, 0) is 4.79 Å². The van der Waals surface area contributed by atoms with Crippen LogP contribution in [0.2, 0.25) is 0 Å². The number of benzene rings is 1. The lowest BCUT2D eigenvalue weighted by Gasteiger charge is -2.21. The molecule has 0 bridgehead atoms. The van der Waals surface area contributed by atoms with E-state index in [1.54, 1.807) is 12.0 Å². The van der Waals surface area contributed by atoms with Gasteiger partial charge in [0, 0.05) is 18.5 Å². The quantitative estimate of drug-likeness (QED) is 0.883. The molecule has 1 amide bonds. The van der Waals surface area contributed by atoms with Crippen LogP contribution in [0.25, 0.3) is 0 Å². The molecule has 1 saturated heterocycles. The molecule has 1 fully saturated rings. The molecule has 98 valence electrons. The highest BCUT2D eigenvalue weighted by Crippen LogP contribution is 2.27. The predicted molar refractivity (Wildman–Crippen MR) is 68.5 cm³/mol.